The van der Waals surface area contributed by atoms with Gasteiger partial charge in [0.2, 0.25) is 11.6 Å². The molecular formula is C10H14N6O3S. The Kier molecular flexibility index (Phi) is 3.74. The number of hydrogen-bond acceptors (Lipinski definition) is 9. The van der Waals surface area contributed by atoms with Crippen molar-refractivity contribution in [1.82, 2.24) is 24.8 Å². The van der Waals surface area contributed by atoms with E-state index in [0.29, 0.717) is 17.6 Å². The van der Waals surface area contributed by atoms with Crippen molar-refractivity contribution in [2.75, 3.05) is 24.7 Å². The van der Waals surface area contributed by atoms with Gasteiger partial charge in [0.05, 0.1) is 0 Å². The van der Waals surface area contributed by atoms with Gasteiger partial charge in [0.1, 0.15) is 0 Å². The second kappa shape index (κ2) is 5.67. The molecule has 1 aliphatic rings. The molecule has 9 nitrogen and oxygen atoms in total. The Labute approximate surface area is 118 Å². The molecule has 1 aliphatic heterocycles. The summed E-state index contributed by atoms with van der Waals surface area (Å²) < 4.78 is 11.5. The highest BCUT2D eigenvalue weighted by Crippen LogP contribution is 2.24. The topological polar surface area (TPSA) is 113 Å². The number of nitrogens with one attached hydrogen (secondary N) is 2. The summed E-state index contributed by atoms with van der Waals surface area (Å²) in [7, 11) is 0. The summed E-state index contributed by atoms with van der Waals surface area (Å²) in [5.74, 6) is 0.0414. The molecule has 1 fully saturated rings. The van der Waals surface area contributed by atoms with Crippen molar-refractivity contribution in [3.63, 3.8) is 0 Å². The molecule has 0 spiro atoms. The lowest BCUT2D eigenvalue weighted by molar-refractivity contribution is 0.308. The fraction of sp³-hybridized carbons (Fsp3) is 0.600. The van der Waals surface area contributed by atoms with Gasteiger partial charge in [-0.3, -0.25) is 13.8 Å². The van der Waals surface area contributed by atoms with Crippen molar-refractivity contribution in [3.8, 4) is 11.5 Å². The number of hydrogen-bond donors (Lipinski definition) is 2. The van der Waals surface area contributed by atoms with Crippen LogP contribution in [0.4, 0.5) is 5.82 Å². The summed E-state index contributed by atoms with van der Waals surface area (Å²) in [5, 5.41) is 14.4. The lowest BCUT2D eigenvalue weighted by Gasteiger charge is -2.30. The number of rotatable bonds is 4. The Hall–Kier alpha value is -1.81. The summed E-state index contributed by atoms with van der Waals surface area (Å²) in [6.45, 7) is 2.03. The summed E-state index contributed by atoms with van der Waals surface area (Å²) in [5.41, 5.74) is 0.350. The van der Waals surface area contributed by atoms with E-state index in [-0.39, 0.29) is 5.82 Å². The molecule has 1 saturated heterocycles. The van der Waals surface area contributed by atoms with Crippen LogP contribution in [0, 0.1) is 0 Å². The quantitative estimate of drug-likeness (QED) is 0.782. The third-order valence-electron chi connectivity index (χ3n) is 3.21. The van der Waals surface area contributed by atoms with Crippen molar-refractivity contribution in [2.24, 2.45) is 0 Å². The third kappa shape index (κ3) is 2.70. The van der Waals surface area contributed by atoms with Gasteiger partial charge in [-0.1, -0.05) is 17.1 Å². The summed E-state index contributed by atoms with van der Waals surface area (Å²) in [6.07, 6.45) is 4.08. The van der Waals surface area contributed by atoms with Gasteiger partial charge in [-0.15, -0.1) is 0 Å². The zero-order chi connectivity index (χ0) is 13.9. The molecule has 3 rings (SSSR count). The normalized spacial score (nSPS) is 17.4. The fourth-order valence-corrected chi connectivity index (χ4v) is 2.72. The maximum atomic E-state index is 11.0. The highest BCUT2D eigenvalue weighted by molar-refractivity contribution is 7.96. The van der Waals surface area contributed by atoms with Crippen molar-refractivity contribution in [2.45, 2.75) is 18.9 Å². The molecule has 0 bridgehead atoms. The molecule has 0 atom stereocenters. The van der Waals surface area contributed by atoms with E-state index < -0.39 is 5.76 Å². The number of aromatic amines is 1. The van der Waals surface area contributed by atoms with E-state index in [2.05, 4.69) is 40.9 Å². The van der Waals surface area contributed by atoms with Gasteiger partial charge in [0.15, 0.2) is 5.69 Å². The Morgan fingerprint density at radius 1 is 1.35 bits per heavy atom. The monoisotopic (exact) mass is 298 g/mol. The van der Waals surface area contributed by atoms with Crippen LogP contribution in [0.25, 0.3) is 11.5 Å². The van der Waals surface area contributed by atoms with Crippen LogP contribution in [0.5, 0.6) is 0 Å². The van der Waals surface area contributed by atoms with E-state index in [9.17, 15) is 4.79 Å². The summed E-state index contributed by atoms with van der Waals surface area (Å²) in [4.78, 5) is 13.4. The summed E-state index contributed by atoms with van der Waals surface area (Å²) >= 11 is 1.76. The van der Waals surface area contributed by atoms with Crippen LogP contribution in [0.3, 0.4) is 0 Å². The van der Waals surface area contributed by atoms with E-state index in [1.807, 2.05) is 0 Å². The van der Waals surface area contributed by atoms with Crippen LogP contribution in [0.1, 0.15) is 12.8 Å². The molecule has 0 aromatic carbocycles. The summed E-state index contributed by atoms with van der Waals surface area (Å²) in [6, 6.07) is 0.294. The number of nitrogens with zero attached hydrogens (tertiary/aromatic N) is 4. The molecule has 0 radical (unpaired) electrons. The first-order valence-electron chi connectivity index (χ1n) is 6.21. The average Bonchev–Trinajstić information content (AvgIpc) is 3.08. The first-order valence-corrected chi connectivity index (χ1v) is 7.39. The van der Waals surface area contributed by atoms with Crippen LogP contribution in [0.15, 0.2) is 13.9 Å². The van der Waals surface area contributed by atoms with Gasteiger partial charge < -0.3 is 5.32 Å². The van der Waals surface area contributed by atoms with Crippen molar-refractivity contribution < 1.29 is 9.15 Å². The van der Waals surface area contributed by atoms with Crippen molar-refractivity contribution in [3.05, 3.63) is 10.6 Å². The predicted octanol–water partition coefficient (Wildman–Crippen LogP) is 0.567. The smallest absolute Gasteiger partial charge is 0.362 e. The second-order valence-electron chi connectivity index (χ2n) is 4.44. The molecule has 2 N–H and O–H groups in total. The molecule has 2 aromatic rings. The lowest BCUT2D eigenvalue weighted by atomic mass is 10.1. The van der Waals surface area contributed by atoms with E-state index in [0.717, 1.165) is 25.9 Å². The van der Waals surface area contributed by atoms with Gasteiger partial charge >= 0.3 is 5.76 Å². The number of piperidine rings is 1. The van der Waals surface area contributed by atoms with Crippen LogP contribution in [-0.4, -0.2) is 50.1 Å². The Bertz CT molecular complexity index is 614. The van der Waals surface area contributed by atoms with Crippen molar-refractivity contribution >= 4 is 17.8 Å². The van der Waals surface area contributed by atoms with Gasteiger partial charge in [0.25, 0.3) is 0 Å². The molecule has 0 saturated carbocycles. The number of H-pyrrole nitrogens is 1. The Balaban J connectivity index is 1.70. The Morgan fingerprint density at radius 2 is 2.15 bits per heavy atom. The maximum absolute atomic E-state index is 11.0. The van der Waals surface area contributed by atoms with Gasteiger partial charge in [-0.25, -0.2) is 9.42 Å². The van der Waals surface area contributed by atoms with Crippen LogP contribution < -0.4 is 11.1 Å². The average molecular weight is 298 g/mol. The van der Waals surface area contributed by atoms with Gasteiger partial charge in [-0.2, -0.15) is 0 Å². The standard InChI is InChI=1S/C10H14N6O3S/c1-20-16-4-2-6(3-5-16)11-8-7(13-19-15-8)9-12-10(17)18-14-9/h6H,2-5H2,1H3,(H,11,15)(H,12,14,17). The second-order valence-corrected chi connectivity index (χ2v) is 5.32. The van der Waals surface area contributed by atoms with Gasteiger partial charge in [0, 0.05) is 19.1 Å². The fourth-order valence-electron chi connectivity index (χ4n) is 2.15. The molecule has 0 unspecified atom stereocenters. The van der Waals surface area contributed by atoms with Crippen LogP contribution >= 0.6 is 11.9 Å². The maximum Gasteiger partial charge on any atom is 0.439 e. The van der Waals surface area contributed by atoms with E-state index >= 15 is 0 Å². The molecule has 0 aliphatic carbocycles. The number of anilines is 1. The van der Waals surface area contributed by atoms with Crippen molar-refractivity contribution in [1.29, 1.82) is 0 Å². The highest BCUT2D eigenvalue weighted by Gasteiger charge is 2.23. The lowest BCUT2D eigenvalue weighted by Crippen LogP contribution is -2.35. The van der Waals surface area contributed by atoms with E-state index in [1.165, 1.54) is 0 Å². The molecule has 108 valence electrons. The molecule has 10 heteroatoms. The molecule has 2 aromatic heterocycles. The predicted molar refractivity (Wildman–Crippen MR) is 72.1 cm³/mol. The highest BCUT2D eigenvalue weighted by atomic mass is 32.2. The third-order valence-corrected chi connectivity index (χ3v) is 4.09. The zero-order valence-corrected chi connectivity index (χ0v) is 11.6. The number of aromatic nitrogens is 4. The first kappa shape index (κ1) is 13.2. The van der Waals surface area contributed by atoms with Crippen LogP contribution in [0.2, 0.25) is 0 Å². The minimum Gasteiger partial charge on any atom is -0.362 e. The van der Waals surface area contributed by atoms with Crippen LogP contribution in [-0.2, 0) is 0 Å². The SMILES string of the molecule is CSN1CCC(Nc2nonc2-c2noc(=O)[nH]2)CC1. The van der Waals surface area contributed by atoms with Gasteiger partial charge in [-0.05, 0) is 29.4 Å². The first-order chi connectivity index (χ1) is 9.76. The molecule has 0 amide bonds. The van der Waals surface area contributed by atoms with E-state index in [1.54, 1.807) is 11.9 Å². The molecule has 20 heavy (non-hydrogen) atoms. The van der Waals surface area contributed by atoms with E-state index in [4.69, 9.17) is 4.63 Å². The molecular weight excluding hydrogens is 284 g/mol. The molecule has 3 heterocycles. The zero-order valence-electron chi connectivity index (χ0n) is 10.8. The minimum absolute atomic E-state index is 0.209. The largest absolute Gasteiger partial charge is 0.439 e. The Morgan fingerprint density at radius 3 is 2.80 bits per heavy atom. The minimum atomic E-state index is -0.637.